The first-order chi connectivity index (χ1) is 9.20. The Morgan fingerprint density at radius 2 is 2.37 bits per heavy atom. The summed E-state index contributed by atoms with van der Waals surface area (Å²) in [5.41, 5.74) is 3.33. The Balaban J connectivity index is 1.89. The summed E-state index contributed by atoms with van der Waals surface area (Å²) in [5.74, 6) is 5.34. The topological polar surface area (TPSA) is 47.3 Å². The minimum atomic E-state index is -0.219. The van der Waals surface area contributed by atoms with Crippen LogP contribution in [0.5, 0.6) is 0 Å². The maximum atomic E-state index is 13.8. The molecule has 0 amide bonds. The first-order valence-corrected chi connectivity index (χ1v) is 7.52. The maximum Gasteiger partial charge on any atom is 0.128 e. The molecule has 1 fully saturated rings. The van der Waals surface area contributed by atoms with Gasteiger partial charge in [0.1, 0.15) is 5.82 Å². The second-order valence-electron chi connectivity index (χ2n) is 4.95. The first-order valence-electron chi connectivity index (χ1n) is 6.73. The van der Waals surface area contributed by atoms with E-state index in [1.54, 1.807) is 12.1 Å². The molecule has 5 heteroatoms. The van der Waals surface area contributed by atoms with Gasteiger partial charge in [-0.3, -0.25) is 11.3 Å². The number of rotatable bonds is 6. The van der Waals surface area contributed by atoms with Crippen molar-refractivity contribution in [2.75, 3.05) is 6.61 Å². The van der Waals surface area contributed by atoms with Crippen molar-refractivity contribution in [3.05, 3.63) is 34.1 Å². The van der Waals surface area contributed by atoms with Gasteiger partial charge < -0.3 is 4.74 Å². The molecule has 19 heavy (non-hydrogen) atoms. The number of halogens is 2. The van der Waals surface area contributed by atoms with Crippen LogP contribution in [-0.2, 0) is 4.74 Å². The Bertz CT molecular complexity index is 410. The van der Waals surface area contributed by atoms with Crippen molar-refractivity contribution in [3.63, 3.8) is 0 Å². The lowest BCUT2D eigenvalue weighted by atomic mass is 9.99. The zero-order chi connectivity index (χ0) is 13.7. The van der Waals surface area contributed by atoms with E-state index in [4.69, 9.17) is 10.6 Å². The van der Waals surface area contributed by atoms with Crippen LogP contribution in [0.4, 0.5) is 4.39 Å². The summed E-state index contributed by atoms with van der Waals surface area (Å²) in [6.45, 7) is 0.878. The van der Waals surface area contributed by atoms with Crippen molar-refractivity contribution in [2.45, 2.75) is 44.2 Å². The molecule has 3 nitrogen and oxygen atoms in total. The molecule has 2 rings (SSSR count). The largest absolute Gasteiger partial charge is 0.378 e. The number of benzene rings is 1. The molecule has 2 unspecified atom stereocenters. The van der Waals surface area contributed by atoms with Crippen LogP contribution in [0.15, 0.2) is 22.7 Å². The second-order valence-corrected chi connectivity index (χ2v) is 5.87. The Hall–Kier alpha value is -0.490. The summed E-state index contributed by atoms with van der Waals surface area (Å²) in [7, 11) is 0. The Labute approximate surface area is 121 Å². The van der Waals surface area contributed by atoms with E-state index in [9.17, 15) is 4.39 Å². The van der Waals surface area contributed by atoms with Gasteiger partial charge in [-0.25, -0.2) is 4.39 Å². The Morgan fingerprint density at radius 1 is 1.53 bits per heavy atom. The molecular formula is C14H20BrFN2O. The Kier molecular flexibility index (Phi) is 5.76. The molecule has 0 spiro atoms. The summed E-state index contributed by atoms with van der Waals surface area (Å²) in [4.78, 5) is 0. The number of nitrogens with one attached hydrogen (secondary N) is 1. The van der Waals surface area contributed by atoms with E-state index in [1.807, 2.05) is 0 Å². The van der Waals surface area contributed by atoms with Gasteiger partial charge in [0, 0.05) is 22.7 Å². The van der Waals surface area contributed by atoms with E-state index in [0.717, 1.165) is 43.2 Å². The molecule has 0 aromatic heterocycles. The fourth-order valence-corrected chi connectivity index (χ4v) is 2.91. The highest BCUT2D eigenvalue weighted by Gasteiger charge is 2.18. The average molecular weight is 331 g/mol. The summed E-state index contributed by atoms with van der Waals surface area (Å²) in [6.07, 6.45) is 5.49. The molecule has 1 saturated heterocycles. The number of hydrogen-bond acceptors (Lipinski definition) is 3. The molecule has 1 aliphatic heterocycles. The van der Waals surface area contributed by atoms with Crippen LogP contribution < -0.4 is 11.3 Å². The lowest BCUT2D eigenvalue weighted by Gasteiger charge is -2.18. The Morgan fingerprint density at radius 3 is 3.05 bits per heavy atom. The van der Waals surface area contributed by atoms with Crippen molar-refractivity contribution in [1.29, 1.82) is 0 Å². The van der Waals surface area contributed by atoms with Crippen LogP contribution in [0.25, 0.3) is 0 Å². The average Bonchev–Trinajstić information content (AvgIpc) is 2.91. The second kappa shape index (κ2) is 7.33. The molecule has 3 N–H and O–H groups in total. The SMILES string of the molecule is NNC(CCCC1CCCO1)c1cc(Br)ccc1F. The third-order valence-corrected chi connectivity index (χ3v) is 4.07. The minimum Gasteiger partial charge on any atom is -0.378 e. The van der Waals surface area contributed by atoms with Gasteiger partial charge in [-0.05, 0) is 50.3 Å². The first kappa shape index (κ1) is 14.9. The summed E-state index contributed by atoms with van der Waals surface area (Å²) in [6, 6.07) is 4.79. The van der Waals surface area contributed by atoms with Gasteiger partial charge in [-0.1, -0.05) is 15.9 Å². The van der Waals surface area contributed by atoms with E-state index in [-0.39, 0.29) is 11.9 Å². The summed E-state index contributed by atoms with van der Waals surface area (Å²) in [5, 5.41) is 0. The van der Waals surface area contributed by atoms with Gasteiger partial charge in [0.15, 0.2) is 0 Å². The summed E-state index contributed by atoms with van der Waals surface area (Å²) < 4.78 is 20.2. The molecular weight excluding hydrogens is 311 g/mol. The maximum absolute atomic E-state index is 13.8. The van der Waals surface area contributed by atoms with Crippen LogP contribution in [0, 0.1) is 5.82 Å². The van der Waals surface area contributed by atoms with Gasteiger partial charge in [-0.15, -0.1) is 0 Å². The molecule has 0 radical (unpaired) electrons. The number of ether oxygens (including phenoxy) is 1. The quantitative estimate of drug-likeness (QED) is 0.620. The third kappa shape index (κ3) is 4.24. The fraction of sp³-hybridized carbons (Fsp3) is 0.571. The fourth-order valence-electron chi connectivity index (χ4n) is 2.53. The van der Waals surface area contributed by atoms with Crippen molar-refractivity contribution in [1.82, 2.24) is 5.43 Å². The van der Waals surface area contributed by atoms with Crippen molar-refractivity contribution >= 4 is 15.9 Å². The minimum absolute atomic E-state index is 0.154. The lowest BCUT2D eigenvalue weighted by molar-refractivity contribution is 0.101. The number of hydrazine groups is 1. The number of nitrogens with two attached hydrogens (primary N) is 1. The highest BCUT2D eigenvalue weighted by molar-refractivity contribution is 9.10. The van der Waals surface area contributed by atoms with Gasteiger partial charge in [0.2, 0.25) is 0 Å². The molecule has 1 aliphatic rings. The zero-order valence-corrected chi connectivity index (χ0v) is 12.5. The van der Waals surface area contributed by atoms with Gasteiger partial charge in [0.05, 0.1) is 6.10 Å². The molecule has 0 saturated carbocycles. The molecule has 1 aromatic carbocycles. The molecule has 1 aromatic rings. The van der Waals surface area contributed by atoms with E-state index in [2.05, 4.69) is 21.4 Å². The number of hydrogen-bond donors (Lipinski definition) is 2. The van der Waals surface area contributed by atoms with Crippen LogP contribution in [0.3, 0.4) is 0 Å². The normalized spacial score (nSPS) is 20.7. The smallest absolute Gasteiger partial charge is 0.128 e. The highest BCUT2D eigenvalue weighted by atomic mass is 79.9. The zero-order valence-electron chi connectivity index (χ0n) is 10.9. The van der Waals surface area contributed by atoms with E-state index < -0.39 is 0 Å². The predicted molar refractivity (Wildman–Crippen MR) is 77.0 cm³/mol. The van der Waals surface area contributed by atoms with E-state index in [1.165, 1.54) is 6.07 Å². The molecule has 1 heterocycles. The van der Waals surface area contributed by atoms with Crippen LogP contribution in [0.2, 0.25) is 0 Å². The van der Waals surface area contributed by atoms with Crippen molar-refractivity contribution < 1.29 is 9.13 Å². The van der Waals surface area contributed by atoms with E-state index >= 15 is 0 Å². The van der Waals surface area contributed by atoms with Gasteiger partial charge in [0.25, 0.3) is 0 Å². The summed E-state index contributed by atoms with van der Waals surface area (Å²) >= 11 is 3.36. The van der Waals surface area contributed by atoms with Crippen LogP contribution in [0.1, 0.15) is 43.7 Å². The van der Waals surface area contributed by atoms with Crippen LogP contribution >= 0.6 is 15.9 Å². The van der Waals surface area contributed by atoms with Crippen molar-refractivity contribution in [2.24, 2.45) is 5.84 Å². The van der Waals surface area contributed by atoms with Gasteiger partial charge >= 0.3 is 0 Å². The van der Waals surface area contributed by atoms with Gasteiger partial charge in [-0.2, -0.15) is 0 Å². The monoisotopic (exact) mass is 330 g/mol. The molecule has 2 atom stereocenters. The standard InChI is InChI=1S/C14H20BrFN2O/c15-10-6-7-13(16)12(9-10)14(18-17)5-1-3-11-4-2-8-19-11/h6-7,9,11,14,18H,1-5,8,17H2. The lowest BCUT2D eigenvalue weighted by Crippen LogP contribution is -2.29. The third-order valence-electron chi connectivity index (χ3n) is 3.58. The van der Waals surface area contributed by atoms with Crippen LogP contribution in [-0.4, -0.2) is 12.7 Å². The molecule has 106 valence electrons. The van der Waals surface area contributed by atoms with Crippen molar-refractivity contribution in [3.8, 4) is 0 Å². The molecule has 0 bridgehead atoms. The predicted octanol–water partition coefficient (Wildman–Crippen LogP) is 3.44. The van der Waals surface area contributed by atoms with E-state index in [0.29, 0.717) is 11.7 Å². The highest BCUT2D eigenvalue weighted by Crippen LogP contribution is 2.26. The molecule has 0 aliphatic carbocycles.